The molecular formula is C9H12N2O2. The molecule has 1 heterocycles. The van der Waals surface area contributed by atoms with Crippen LogP contribution in [0.2, 0.25) is 0 Å². The second-order valence-corrected chi connectivity index (χ2v) is 2.65. The predicted molar refractivity (Wildman–Crippen MR) is 49.5 cm³/mol. The van der Waals surface area contributed by atoms with Gasteiger partial charge in [0.25, 0.3) is 0 Å². The first-order valence-corrected chi connectivity index (χ1v) is 3.95. The number of carbonyl (C=O) groups excluding carboxylic acids is 1. The summed E-state index contributed by atoms with van der Waals surface area (Å²) in [6.07, 6.45) is 1.74. The molecule has 1 aromatic rings. The zero-order valence-electron chi connectivity index (χ0n) is 7.70. The van der Waals surface area contributed by atoms with Crippen LogP contribution in [0.4, 0.5) is 5.82 Å². The number of hydrogen-bond acceptors (Lipinski definition) is 4. The first kappa shape index (κ1) is 9.51. The second-order valence-electron chi connectivity index (χ2n) is 2.65. The second kappa shape index (κ2) is 4.45. The average Bonchev–Trinajstić information content (AvgIpc) is 2.16. The fourth-order valence-corrected chi connectivity index (χ4v) is 0.807. The number of carbonyl (C=O) groups is 1. The van der Waals surface area contributed by atoms with Gasteiger partial charge in [-0.1, -0.05) is 6.07 Å². The van der Waals surface area contributed by atoms with E-state index in [0.717, 1.165) is 5.56 Å². The van der Waals surface area contributed by atoms with Crippen molar-refractivity contribution < 1.29 is 9.53 Å². The van der Waals surface area contributed by atoms with Crippen LogP contribution in [-0.2, 0) is 9.53 Å². The summed E-state index contributed by atoms with van der Waals surface area (Å²) in [7, 11) is 1.35. The largest absolute Gasteiger partial charge is 0.468 e. The minimum absolute atomic E-state index is 0.145. The molecule has 13 heavy (non-hydrogen) atoms. The van der Waals surface area contributed by atoms with Gasteiger partial charge in [-0.05, 0) is 18.6 Å². The molecule has 0 aliphatic heterocycles. The molecule has 0 spiro atoms. The Morgan fingerprint density at radius 3 is 2.92 bits per heavy atom. The van der Waals surface area contributed by atoms with Crippen molar-refractivity contribution >= 4 is 11.8 Å². The standard InChI is InChI=1S/C9H12N2O2/c1-7-3-4-8(10-5-7)11-6-9(12)13-2/h3-5H,6H2,1-2H3,(H,10,11). The van der Waals surface area contributed by atoms with E-state index >= 15 is 0 Å². The van der Waals surface area contributed by atoms with Crippen LogP contribution < -0.4 is 5.32 Å². The summed E-state index contributed by atoms with van der Waals surface area (Å²) in [5.74, 6) is 0.373. The van der Waals surface area contributed by atoms with E-state index in [1.165, 1.54) is 7.11 Å². The van der Waals surface area contributed by atoms with Gasteiger partial charge in [-0.25, -0.2) is 4.98 Å². The molecule has 0 amide bonds. The molecule has 1 N–H and O–H groups in total. The molecule has 0 radical (unpaired) electrons. The molecular weight excluding hydrogens is 168 g/mol. The average molecular weight is 180 g/mol. The third-order valence-corrected chi connectivity index (χ3v) is 1.55. The zero-order valence-corrected chi connectivity index (χ0v) is 7.70. The number of pyridine rings is 1. The molecule has 0 bridgehead atoms. The van der Waals surface area contributed by atoms with Crippen molar-refractivity contribution in [3.8, 4) is 0 Å². The van der Waals surface area contributed by atoms with Crippen LogP contribution in [0.3, 0.4) is 0 Å². The van der Waals surface area contributed by atoms with Crippen LogP contribution in [0.5, 0.6) is 0 Å². The van der Waals surface area contributed by atoms with Crippen LogP contribution in [0.15, 0.2) is 18.3 Å². The molecule has 1 aromatic heterocycles. The third kappa shape index (κ3) is 3.11. The number of nitrogens with zero attached hydrogens (tertiary/aromatic N) is 1. The van der Waals surface area contributed by atoms with Crippen LogP contribution >= 0.6 is 0 Å². The summed E-state index contributed by atoms with van der Waals surface area (Å²) in [4.78, 5) is 14.8. The van der Waals surface area contributed by atoms with Crippen molar-refractivity contribution in [3.63, 3.8) is 0 Å². The Balaban J connectivity index is 2.46. The Kier molecular flexibility index (Phi) is 3.25. The summed E-state index contributed by atoms with van der Waals surface area (Å²) in [6.45, 7) is 2.10. The lowest BCUT2D eigenvalue weighted by Gasteiger charge is -2.03. The molecule has 70 valence electrons. The summed E-state index contributed by atoms with van der Waals surface area (Å²) in [6, 6.07) is 3.74. The van der Waals surface area contributed by atoms with Gasteiger partial charge in [-0.15, -0.1) is 0 Å². The summed E-state index contributed by atoms with van der Waals surface area (Å²) in [5, 5.41) is 2.84. The number of methoxy groups -OCH3 is 1. The van der Waals surface area contributed by atoms with Crippen molar-refractivity contribution in [2.45, 2.75) is 6.92 Å². The van der Waals surface area contributed by atoms with Crippen molar-refractivity contribution in [3.05, 3.63) is 23.9 Å². The first-order chi connectivity index (χ1) is 6.22. The maximum Gasteiger partial charge on any atom is 0.325 e. The smallest absolute Gasteiger partial charge is 0.325 e. The first-order valence-electron chi connectivity index (χ1n) is 3.95. The molecule has 0 aromatic carbocycles. The van der Waals surface area contributed by atoms with Gasteiger partial charge in [0, 0.05) is 6.20 Å². The molecule has 1 rings (SSSR count). The van der Waals surface area contributed by atoms with E-state index in [9.17, 15) is 4.79 Å². The van der Waals surface area contributed by atoms with Gasteiger partial charge in [0.15, 0.2) is 0 Å². The fraction of sp³-hybridized carbons (Fsp3) is 0.333. The lowest BCUT2D eigenvalue weighted by Crippen LogP contribution is -2.15. The molecule has 0 aliphatic rings. The van der Waals surface area contributed by atoms with E-state index in [-0.39, 0.29) is 12.5 Å². The number of aromatic nitrogens is 1. The number of hydrogen-bond donors (Lipinski definition) is 1. The summed E-state index contributed by atoms with van der Waals surface area (Å²) < 4.78 is 4.47. The van der Waals surface area contributed by atoms with Crippen LogP contribution in [-0.4, -0.2) is 24.6 Å². The highest BCUT2D eigenvalue weighted by Crippen LogP contribution is 2.02. The van der Waals surface area contributed by atoms with E-state index in [4.69, 9.17) is 0 Å². The highest BCUT2D eigenvalue weighted by molar-refractivity contribution is 5.74. The number of aryl methyl sites for hydroxylation is 1. The van der Waals surface area contributed by atoms with E-state index in [1.54, 1.807) is 6.20 Å². The lowest BCUT2D eigenvalue weighted by atomic mass is 10.3. The summed E-state index contributed by atoms with van der Waals surface area (Å²) >= 11 is 0. The van der Waals surface area contributed by atoms with E-state index in [2.05, 4.69) is 15.0 Å². The van der Waals surface area contributed by atoms with Crippen LogP contribution in [0.25, 0.3) is 0 Å². The zero-order chi connectivity index (χ0) is 9.68. The van der Waals surface area contributed by atoms with Gasteiger partial charge < -0.3 is 10.1 Å². The minimum atomic E-state index is -0.303. The van der Waals surface area contributed by atoms with Crippen molar-refractivity contribution in [1.82, 2.24) is 4.98 Å². The maximum atomic E-state index is 10.7. The highest BCUT2D eigenvalue weighted by atomic mass is 16.5. The molecule has 0 atom stereocenters. The maximum absolute atomic E-state index is 10.7. The van der Waals surface area contributed by atoms with Gasteiger partial charge in [0.2, 0.25) is 0 Å². The van der Waals surface area contributed by atoms with Gasteiger partial charge in [-0.3, -0.25) is 4.79 Å². The topological polar surface area (TPSA) is 51.2 Å². The van der Waals surface area contributed by atoms with E-state index in [0.29, 0.717) is 5.82 Å². The van der Waals surface area contributed by atoms with Gasteiger partial charge >= 0.3 is 5.97 Å². The Morgan fingerprint density at radius 2 is 2.38 bits per heavy atom. The normalized spacial score (nSPS) is 9.38. The molecule has 0 saturated heterocycles. The lowest BCUT2D eigenvalue weighted by molar-refractivity contribution is -0.138. The number of ether oxygens (including phenoxy) is 1. The monoisotopic (exact) mass is 180 g/mol. The minimum Gasteiger partial charge on any atom is -0.468 e. The molecule has 0 saturated carbocycles. The number of rotatable bonds is 3. The molecule has 4 heteroatoms. The van der Waals surface area contributed by atoms with Gasteiger partial charge in [-0.2, -0.15) is 0 Å². The molecule has 0 fully saturated rings. The van der Waals surface area contributed by atoms with Crippen molar-refractivity contribution in [1.29, 1.82) is 0 Å². The SMILES string of the molecule is COC(=O)CNc1ccc(C)cn1. The Labute approximate surface area is 76.9 Å². The van der Waals surface area contributed by atoms with E-state index in [1.807, 2.05) is 19.1 Å². The summed E-state index contributed by atoms with van der Waals surface area (Å²) in [5.41, 5.74) is 1.09. The number of anilines is 1. The highest BCUT2D eigenvalue weighted by Gasteiger charge is 1.99. The van der Waals surface area contributed by atoms with Gasteiger partial charge in [0.05, 0.1) is 7.11 Å². The molecule has 0 unspecified atom stereocenters. The van der Waals surface area contributed by atoms with Crippen LogP contribution in [0.1, 0.15) is 5.56 Å². The quantitative estimate of drug-likeness (QED) is 0.704. The Morgan fingerprint density at radius 1 is 1.62 bits per heavy atom. The molecule has 4 nitrogen and oxygen atoms in total. The predicted octanol–water partition coefficient (Wildman–Crippen LogP) is 0.975. The number of esters is 1. The molecule has 0 aliphatic carbocycles. The van der Waals surface area contributed by atoms with Crippen molar-refractivity contribution in [2.24, 2.45) is 0 Å². The fourth-order valence-electron chi connectivity index (χ4n) is 0.807. The third-order valence-electron chi connectivity index (χ3n) is 1.55. The van der Waals surface area contributed by atoms with Crippen LogP contribution in [0, 0.1) is 6.92 Å². The Hall–Kier alpha value is -1.58. The Bertz CT molecular complexity index is 282. The number of nitrogens with one attached hydrogen (secondary N) is 1. The van der Waals surface area contributed by atoms with Crippen molar-refractivity contribution in [2.75, 3.05) is 19.0 Å². The van der Waals surface area contributed by atoms with Gasteiger partial charge in [0.1, 0.15) is 12.4 Å². The van der Waals surface area contributed by atoms with E-state index < -0.39 is 0 Å².